The normalized spacial score (nSPS) is 16.2. The van der Waals surface area contributed by atoms with Gasteiger partial charge in [-0.2, -0.15) is 0 Å². The number of halogens is 4. The first kappa shape index (κ1) is 63.3. The van der Waals surface area contributed by atoms with E-state index >= 15 is 0 Å². The van der Waals surface area contributed by atoms with Gasteiger partial charge in [-0.25, -0.2) is 0 Å². The maximum atomic E-state index is 14.1. The third kappa shape index (κ3) is 9.17. The number of amides is 8. The Morgan fingerprint density at radius 3 is 0.707 bits per heavy atom. The van der Waals surface area contributed by atoms with Gasteiger partial charge in [0.05, 0.1) is 22.3 Å². The number of carbonyl (C=O) groups is 8. The van der Waals surface area contributed by atoms with Gasteiger partial charge in [-0.15, -0.1) is 0 Å². The summed E-state index contributed by atoms with van der Waals surface area (Å²) in [6.45, 7) is 16.4. The third-order valence-corrected chi connectivity index (χ3v) is 21.7. The van der Waals surface area contributed by atoms with E-state index in [2.05, 4.69) is 27.7 Å². The van der Waals surface area contributed by atoms with Crippen molar-refractivity contribution in [1.82, 2.24) is 19.6 Å². The minimum atomic E-state index is -0.344. The summed E-state index contributed by atoms with van der Waals surface area (Å²) in [4.78, 5) is 118. The van der Waals surface area contributed by atoms with Crippen molar-refractivity contribution in [3.05, 3.63) is 137 Å². The molecule has 10 aromatic rings. The monoisotopic (exact) mass is 1310 g/mol. The van der Waals surface area contributed by atoms with E-state index in [-0.39, 0.29) is 71.4 Å². The number of unbranched alkanes of at least 4 members (excludes halogenated alkanes) is 4. The summed E-state index contributed by atoms with van der Waals surface area (Å²) in [5, 5.41) is 12.1. The summed E-state index contributed by atoms with van der Waals surface area (Å²) in [5.74, 6) is -2.54. The molecule has 4 aliphatic heterocycles. The predicted molar refractivity (Wildman–Crippen MR) is 372 cm³/mol. The van der Waals surface area contributed by atoms with Crippen LogP contribution in [0.2, 0.25) is 20.1 Å². The second kappa shape index (κ2) is 24.4. The highest BCUT2D eigenvalue weighted by molar-refractivity contribution is 6.53. The molecule has 4 atom stereocenters. The molecule has 10 aromatic carbocycles. The maximum Gasteiger partial charge on any atom is 0.261 e. The van der Waals surface area contributed by atoms with Crippen molar-refractivity contribution in [3.8, 4) is 0 Å². The lowest BCUT2D eigenvalue weighted by Gasteiger charge is -2.35. The number of rotatable bonds is 20. The van der Waals surface area contributed by atoms with E-state index in [1.165, 1.54) is 19.6 Å². The first-order chi connectivity index (χ1) is 44.4. The van der Waals surface area contributed by atoms with Gasteiger partial charge in [0.15, 0.2) is 0 Å². The standard InChI is InChI=1S/2C38H36Cl2N2O4/c1-5-9-11-19(7-3)41-35(43)23-15-13-21-32-28(40)18-26-30-24(36(44)42(38(26)46)20(8-4)12-10-6-2)16-14-22(34(30)32)31-27(39)17-25(37(41)45)29(23)33(21)31;1-5-9-11-19(7-3)41-35(43)23-15-13-21-29-22(14-16-24(30(23)29)36(41)44)33-28(40)18-26-31-25(17-27(39)32(21)34(31)33)37(45)42(38(26)46)20(8-4)12-10-6-2/h2*13-20H,5-12H2,1-4H3. The molecule has 14 rings (SSSR count). The van der Waals surface area contributed by atoms with Crippen molar-refractivity contribution in [3.63, 3.8) is 0 Å². The molecule has 0 radical (unpaired) electrons. The van der Waals surface area contributed by atoms with E-state index in [1.807, 2.05) is 52.0 Å². The zero-order valence-electron chi connectivity index (χ0n) is 53.1. The van der Waals surface area contributed by atoms with Crippen LogP contribution in [0.5, 0.6) is 0 Å². The number of carbonyl (C=O) groups excluding carboxylic acids is 8. The largest absolute Gasteiger partial charge is 0.271 e. The number of hydrogen-bond acceptors (Lipinski definition) is 8. The van der Waals surface area contributed by atoms with Gasteiger partial charge in [-0.1, -0.05) is 177 Å². The smallest absolute Gasteiger partial charge is 0.261 e. The first-order valence-electron chi connectivity index (χ1n) is 33.1. The summed E-state index contributed by atoms with van der Waals surface area (Å²) >= 11 is 28.4. The molecule has 12 nitrogen and oxygen atoms in total. The van der Waals surface area contributed by atoms with Crippen LogP contribution in [-0.2, 0) is 0 Å². The fraction of sp³-hybridized carbons (Fsp3) is 0.368. The van der Waals surface area contributed by atoms with Crippen LogP contribution in [0.25, 0.3) is 86.2 Å². The Balaban J connectivity index is 0.000000168. The van der Waals surface area contributed by atoms with E-state index in [4.69, 9.17) is 46.4 Å². The van der Waals surface area contributed by atoms with Gasteiger partial charge >= 0.3 is 0 Å². The number of benzene rings is 10. The molecule has 4 unspecified atom stereocenters. The van der Waals surface area contributed by atoms with Gasteiger partial charge in [0.25, 0.3) is 47.3 Å². The van der Waals surface area contributed by atoms with Crippen molar-refractivity contribution in [2.75, 3.05) is 0 Å². The number of hydrogen-bond donors (Lipinski definition) is 0. The molecule has 16 heteroatoms. The molecule has 4 aliphatic rings. The van der Waals surface area contributed by atoms with Crippen molar-refractivity contribution < 1.29 is 38.4 Å². The first-order valence-corrected chi connectivity index (χ1v) is 34.6. The molecule has 92 heavy (non-hydrogen) atoms. The van der Waals surface area contributed by atoms with Gasteiger partial charge < -0.3 is 0 Å². The van der Waals surface area contributed by atoms with Crippen molar-refractivity contribution >= 4 is 180 Å². The van der Waals surface area contributed by atoms with Gasteiger partial charge in [0.2, 0.25) is 0 Å². The number of fused-ring (bicyclic) bond motifs is 4. The maximum absolute atomic E-state index is 14.1. The minimum Gasteiger partial charge on any atom is -0.271 e. The highest BCUT2D eigenvalue weighted by Crippen LogP contribution is 2.53. The Hall–Kier alpha value is -7.48. The summed E-state index contributed by atoms with van der Waals surface area (Å²) in [5.41, 5.74) is 3.46. The fourth-order valence-electron chi connectivity index (χ4n) is 16.0. The summed E-state index contributed by atoms with van der Waals surface area (Å²) in [6, 6.07) is 20.5. The minimum absolute atomic E-state index is 0.180. The highest BCUT2D eigenvalue weighted by Gasteiger charge is 2.44. The Kier molecular flexibility index (Phi) is 16.8. The van der Waals surface area contributed by atoms with Crippen molar-refractivity contribution in [2.45, 2.75) is 182 Å². The van der Waals surface area contributed by atoms with Crippen molar-refractivity contribution in [1.29, 1.82) is 0 Å². The fourth-order valence-corrected chi connectivity index (χ4v) is 17.2. The lowest BCUT2D eigenvalue weighted by molar-refractivity contribution is 0.0508. The molecule has 0 spiro atoms. The molecule has 4 heterocycles. The molecular weight excluding hydrogens is 1240 g/mol. The SMILES string of the molecule is CCCCC(CC)N1C(=O)c2ccc3c4c(Cl)cc5c6c(cc(Cl)c(c7ccc(c2c37)C1=O)c64)C(=O)N(C(CC)CCCC)C5=O.CCCCC(CC)N1C(=O)c2ccc3c4c(Cl)cc5c6c(ccc(c7c(Cl)cc(c2c37)C1=O)c64)C(=O)N(C(CC)CCCC)C5=O. The number of imide groups is 4. The van der Waals surface area contributed by atoms with Crippen molar-refractivity contribution in [2.24, 2.45) is 0 Å². The summed E-state index contributed by atoms with van der Waals surface area (Å²) in [7, 11) is 0. The summed E-state index contributed by atoms with van der Waals surface area (Å²) in [6.07, 6.45) is 13.2. The lowest BCUT2D eigenvalue weighted by Crippen LogP contribution is -2.47. The van der Waals surface area contributed by atoms with E-state index in [0.29, 0.717) is 150 Å². The van der Waals surface area contributed by atoms with E-state index in [0.717, 1.165) is 104 Å². The highest BCUT2D eigenvalue weighted by atomic mass is 35.5. The Labute approximate surface area is 554 Å². The molecule has 0 aromatic heterocycles. The second-order valence-electron chi connectivity index (χ2n) is 25.5. The van der Waals surface area contributed by atoms with Gasteiger partial charge in [-0.05, 0) is 127 Å². The quantitative estimate of drug-likeness (QED) is 0.0416. The zero-order chi connectivity index (χ0) is 65.2. The molecule has 472 valence electrons. The zero-order valence-corrected chi connectivity index (χ0v) is 56.1. The molecule has 0 bridgehead atoms. The van der Waals surface area contributed by atoms with Crippen LogP contribution in [0, 0.1) is 0 Å². The third-order valence-electron chi connectivity index (χ3n) is 20.5. The molecule has 0 fully saturated rings. The molecule has 0 saturated heterocycles. The summed E-state index contributed by atoms with van der Waals surface area (Å²) < 4.78 is 0. The van der Waals surface area contributed by atoms with Crippen LogP contribution < -0.4 is 0 Å². The van der Waals surface area contributed by atoms with Gasteiger partial charge in [0.1, 0.15) is 0 Å². The van der Waals surface area contributed by atoms with Crippen LogP contribution in [0.4, 0.5) is 0 Å². The van der Waals surface area contributed by atoms with Crippen LogP contribution >= 0.6 is 46.4 Å². The second-order valence-corrected chi connectivity index (χ2v) is 27.1. The average Bonchev–Trinajstić information content (AvgIpc) is 0.691. The van der Waals surface area contributed by atoms with Crippen LogP contribution in [0.3, 0.4) is 0 Å². The number of nitrogens with zero attached hydrogens (tertiary/aromatic N) is 4. The molecule has 0 aliphatic carbocycles. The van der Waals surface area contributed by atoms with Crippen LogP contribution in [0.15, 0.2) is 72.8 Å². The van der Waals surface area contributed by atoms with Gasteiger partial charge in [0, 0.05) is 126 Å². The van der Waals surface area contributed by atoms with E-state index in [9.17, 15) is 38.4 Å². The molecule has 0 saturated carbocycles. The van der Waals surface area contributed by atoms with Crippen LogP contribution in [-0.4, -0.2) is 91.0 Å². The Morgan fingerprint density at radius 1 is 0.261 bits per heavy atom. The molecular formula is C76H72Cl4N4O8. The molecule has 0 N–H and O–H groups in total. The Morgan fingerprint density at radius 2 is 0.467 bits per heavy atom. The topological polar surface area (TPSA) is 150 Å². The molecule has 8 amide bonds. The van der Waals surface area contributed by atoms with E-state index < -0.39 is 0 Å². The predicted octanol–water partition coefficient (Wildman–Crippen LogP) is 20.3. The van der Waals surface area contributed by atoms with Gasteiger partial charge in [-0.3, -0.25) is 58.0 Å². The lowest BCUT2D eigenvalue weighted by atomic mass is 9.81. The van der Waals surface area contributed by atoms with E-state index in [1.54, 1.807) is 48.5 Å². The van der Waals surface area contributed by atoms with Crippen LogP contribution in [0.1, 0.15) is 241 Å². The average molecular weight is 1310 g/mol. The Bertz CT molecular complexity index is 4600.